The summed E-state index contributed by atoms with van der Waals surface area (Å²) in [5.74, 6) is 2.54. The lowest BCUT2D eigenvalue weighted by atomic mass is 9.90. The molecule has 5 heteroatoms. The third-order valence-electron chi connectivity index (χ3n) is 6.10. The molecule has 0 amide bonds. The van der Waals surface area contributed by atoms with Crippen LogP contribution in [0, 0.1) is 5.92 Å². The number of fused-ring (bicyclic) bond motifs is 1. The van der Waals surface area contributed by atoms with Gasteiger partial charge in [0.2, 0.25) is 5.95 Å². The van der Waals surface area contributed by atoms with Gasteiger partial charge >= 0.3 is 0 Å². The first-order valence-corrected chi connectivity index (χ1v) is 12.0. The van der Waals surface area contributed by atoms with Gasteiger partial charge in [0.15, 0.2) is 0 Å². The Hall–Kier alpha value is -2.92. The lowest BCUT2D eigenvalue weighted by molar-refractivity contribution is 0.401. The second kappa shape index (κ2) is 9.48. The smallest absolute Gasteiger partial charge is 0.227 e. The van der Waals surface area contributed by atoms with E-state index in [1.54, 1.807) is 0 Å². The minimum absolute atomic E-state index is 0.738. The van der Waals surface area contributed by atoms with Gasteiger partial charge in [-0.2, -0.15) is 4.98 Å². The standard InChI is InChI=1S/C26H28N4S/c1-2-7-20(8-3-1)19-21-13-16-30(17-14-21)26-28-24-11-5-4-10-23(24)25(29-26)27-15-12-22-9-6-18-31-22/h1-11,18,21H,12-17,19H2,(H,27,28,29). The average Bonchev–Trinajstić information content (AvgIpc) is 3.34. The second-order valence-corrected chi connectivity index (χ2v) is 9.30. The molecule has 0 atom stereocenters. The van der Waals surface area contributed by atoms with E-state index in [-0.39, 0.29) is 0 Å². The number of hydrogen-bond donors (Lipinski definition) is 1. The predicted molar refractivity (Wildman–Crippen MR) is 131 cm³/mol. The minimum Gasteiger partial charge on any atom is -0.369 e. The first-order valence-electron chi connectivity index (χ1n) is 11.2. The molecule has 158 valence electrons. The number of piperidine rings is 1. The summed E-state index contributed by atoms with van der Waals surface area (Å²) >= 11 is 1.81. The summed E-state index contributed by atoms with van der Waals surface area (Å²) < 4.78 is 0. The van der Waals surface area contributed by atoms with Gasteiger partial charge in [0.1, 0.15) is 5.82 Å². The Morgan fingerprint density at radius 3 is 2.52 bits per heavy atom. The average molecular weight is 429 g/mol. The number of rotatable bonds is 7. The fourth-order valence-electron chi connectivity index (χ4n) is 4.38. The van der Waals surface area contributed by atoms with Gasteiger partial charge in [0, 0.05) is 29.9 Å². The van der Waals surface area contributed by atoms with E-state index in [1.165, 1.54) is 29.7 Å². The number of aromatic nitrogens is 2. The summed E-state index contributed by atoms with van der Waals surface area (Å²) in [5.41, 5.74) is 2.46. The summed E-state index contributed by atoms with van der Waals surface area (Å²) in [7, 11) is 0. The number of benzene rings is 2. The van der Waals surface area contributed by atoms with Crippen molar-refractivity contribution in [3.63, 3.8) is 0 Å². The van der Waals surface area contributed by atoms with Crippen LogP contribution in [-0.4, -0.2) is 29.6 Å². The van der Waals surface area contributed by atoms with Crippen molar-refractivity contribution in [2.45, 2.75) is 25.7 Å². The van der Waals surface area contributed by atoms with Crippen LogP contribution in [0.2, 0.25) is 0 Å². The van der Waals surface area contributed by atoms with Gasteiger partial charge in [0.25, 0.3) is 0 Å². The number of nitrogens with one attached hydrogen (secondary N) is 1. The fraction of sp³-hybridized carbons (Fsp3) is 0.308. The maximum atomic E-state index is 4.96. The van der Waals surface area contributed by atoms with E-state index in [4.69, 9.17) is 9.97 Å². The van der Waals surface area contributed by atoms with E-state index in [0.29, 0.717) is 0 Å². The van der Waals surface area contributed by atoms with E-state index in [2.05, 4.69) is 82.3 Å². The van der Waals surface area contributed by atoms with Crippen molar-refractivity contribution in [3.8, 4) is 0 Å². The Kier molecular flexibility index (Phi) is 6.12. The van der Waals surface area contributed by atoms with Crippen LogP contribution in [0.4, 0.5) is 11.8 Å². The molecule has 0 saturated carbocycles. The Bertz CT molecular complexity index is 1100. The Morgan fingerprint density at radius 2 is 1.71 bits per heavy atom. The van der Waals surface area contributed by atoms with E-state index in [0.717, 1.165) is 54.6 Å². The lowest BCUT2D eigenvalue weighted by Crippen LogP contribution is -2.35. The zero-order chi connectivity index (χ0) is 20.9. The first kappa shape index (κ1) is 20.0. The molecule has 0 spiro atoms. The van der Waals surface area contributed by atoms with Crippen LogP contribution in [0.5, 0.6) is 0 Å². The van der Waals surface area contributed by atoms with Crippen molar-refractivity contribution < 1.29 is 0 Å². The van der Waals surface area contributed by atoms with E-state index in [9.17, 15) is 0 Å². The molecule has 0 radical (unpaired) electrons. The second-order valence-electron chi connectivity index (χ2n) is 8.27. The molecule has 2 aromatic carbocycles. The van der Waals surface area contributed by atoms with Gasteiger partial charge in [-0.05, 0) is 60.7 Å². The molecule has 1 fully saturated rings. The molecule has 3 heterocycles. The summed E-state index contributed by atoms with van der Waals surface area (Å²) in [6.07, 6.45) is 4.55. The molecule has 1 aliphatic rings. The quantitative estimate of drug-likeness (QED) is 0.404. The third-order valence-corrected chi connectivity index (χ3v) is 7.04. The Morgan fingerprint density at radius 1 is 0.903 bits per heavy atom. The highest BCUT2D eigenvalue weighted by atomic mass is 32.1. The maximum absolute atomic E-state index is 4.96. The van der Waals surface area contributed by atoms with Gasteiger partial charge in [-0.1, -0.05) is 48.5 Å². The van der Waals surface area contributed by atoms with Crippen molar-refractivity contribution in [3.05, 3.63) is 82.6 Å². The van der Waals surface area contributed by atoms with Gasteiger partial charge in [-0.25, -0.2) is 4.98 Å². The third kappa shape index (κ3) is 4.88. The molecule has 4 aromatic rings. The fourth-order valence-corrected chi connectivity index (χ4v) is 5.09. The number of hydrogen-bond acceptors (Lipinski definition) is 5. The van der Waals surface area contributed by atoms with Gasteiger partial charge < -0.3 is 10.2 Å². The minimum atomic E-state index is 0.738. The van der Waals surface area contributed by atoms with Crippen molar-refractivity contribution in [1.82, 2.24) is 9.97 Å². The highest BCUT2D eigenvalue weighted by Gasteiger charge is 2.22. The molecule has 31 heavy (non-hydrogen) atoms. The van der Waals surface area contributed by atoms with E-state index < -0.39 is 0 Å². The summed E-state index contributed by atoms with van der Waals surface area (Å²) in [6.45, 7) is 2.91. The first-order chi connectivity index (χ1) is 15.3. The molecular weight excluding hydrogens is 400 g/mol. The molecule has 0 aliphatic carbocycles. The maximum Gasteiger partial charge on any atom is 0.227 e. The molecule has 1 N–H and O–H groups in total. The SMILES string of the molecule is c1ccc(CC2CCN(c3nc(NCCc4cccs4)c4ccccc4n3)CC2)cc1. The van der Waals surface area contributed by atoms with Crippen LogP contribution in [0.3, 0.4) is 0 Å². The Labute approximate surface area is 188 Å². The molecule has 1 saturated heterocycles. The monoisotopic (exact) mass is 428 g/mol. The van der Waals surface area contributed by atoms with Crippen LogP contribution in [0.25, 0.3) is 10.9 Å². The summed E-state index contributed by atoms with van der Waals surface area (Å²) in [5, 5.41) is 6.80. The van der Waals surface area contributed by atoms with Crippen molar-refractivity contribution in [2.75, 3.05) is 29.9 Å². The molecule has 5 rings (SSSR count). The molecular formula is C26H28N4S. The highest BCUT2D eigenvalue weighted by Crippen LogP contribution is 2.28. The van der Waals surface area contributed by atoms with Crippen LogP contribution < -0.4 is 10.2 Å². The zero-order valence-corrected chi connectivity index (χ0v) is 18.5. The van der Waals surface area contributed by atoms with Crippen LogP contribution in [0.15, 0.2) is 72.1 Å². The van der Waals surface area contributed by atoms with Gasteiger partial charge in [-0.15, -0.1) is 11.3 Å². The number of nitrogens with zero attached hydrogens (tertiary/aromatic N) is 3. The molecule has 4 nitrogen and oxygen atoms in total. The zero-order valence-electron chi connectivity index (χ0n) is 17.7. The molecule has 2 aromatic heterocycles. The summed E-state index contributed by atoms with van der Waals surface area (Å²) in [4.78, 5) is 13.6. The number of thiophene rings is 1. The van der Waals surface area contributed by atoms with E-state index >= 15 is 0 Å². The topological polar surface area (TPSA) is 41.1 Å². The molecule has 0 bridgehead atoms. The van der Waals surface area contributed by atoms with Gasteiger partial charge in [0.05, 0.1) is 5.52 Å². The molecule has 1 aliphatic heterocycles. The molecule has 0 unspecified atom stereocenters. The van der Waals surface area contributed by atoms with Crippen LogP contribution >= 0.6 is 11.3 Å². The largest absolute Gasteiger partial charge is 0.369 e. The van der Waals surface area contributed by atoms with Crippen LogP contribution in [-0.2, 0) is 12.8 Å². The summed E-state index contributed by atoms with van der Waals surface area (Å²) in [6, 6.07) is 23.5. The van der Waals surface area contributed by atoms with Crippen molar-refractivity contribution >= 4 is 34.0 Å². The predicted octanol–water partition coefficient (Wildman–Crippen LogP) is 5.81. The van der Waals surface area contributed by atoms with Crippen molar-refractivity contribution in [1.29, 1.82) is 0 Å². The highest BCUT2D eigenvalue weighted by molar-refractivity contribution is 7.09. The lowest BCUT2D eigenvalue weighted by Gasteiger charge is -2.32. The Balaban J connectivity index is 1.28. The normalized spacial score (nSPS) is 14.8. The number of para-hydroxylation sites is 1. The van der Waals surface area contributed by atoms with Gasteiger partial charge in [-0.3, -0.25) is 0 Å². The van der Waals surface area contributed by atoms with E-state index in [1.807, 2.05) is 11.3 Å². The van der Waals surface area contributed by atoms with Crippen molar-refractivity contribution in [2.24, 2.45) is 5.92 Å². The number of anilines is 2. The van der Waals surface area contributed by atoms with Crippen LogP contribution in [0.1, 0.15) is 23.3 Å².